The first-order valence-corrected chi connectivity index (χ1v) is 8.01. The Balaban J connectivity index is 1.53. The van der Waals surface area contributed by atoms with Gasteiger partial charge < -0.3 is 19.5 Å². The first-order valence-electron chi connectivity index (χ1n) is 8.01. The van der Waals surface area contributed by atoms with E-state index in [0.29, 0.717) is 6.54 Å². The predicted molar refractivity (Wildman–Crippen MR) is 87.3 cm³/mol. The quantitative estimate of drug-likeness (QED) is 0.938. The van der Waals surface area contributed by atoms with Gasteiger partial charge >= 0.3 is 0 Å². The van der Waals surface area contributed by atoms with Crippen LogP contribution in [-0.2, 0) is 19.4 Å². The Labute approximate surface area is 135 Å². The number of fused-ring (bicyclic) bond motifs is 2. The molecule has 5 nitrogen and oxygen atoms in total. The molecule has 0 spiro atoms. The van der Waals surface area contributed by atoms with Gasteiger partial charge in [-0.05, 0) is 43.4 Å². The van der Waals surface area contributed by atoms with Crippen molar-refractivity contribution in [3.8, 4) is 17.2 Å². The maximum absolute atomic E-state index is 5.46. The molecule has 0 atom stereocenters. The van der Waals surface area contributed by atoms with Crippen LogP contribution in [0.2, 0.25) is 0 Å². The molecule has 4 rings (SSSR count). The third-order valence-electron chi connectivity index (χ3n) is 4.43. The number of benzene rings is 1. The average molecular weight is 312 g/mol. The first-order chi connectivity index (χ1) is 11.3. The molecule has 1 aliphatic carbocycles. The van der Waals surface area contributed by atoms with Crippen molar-refractivity contribution >= 4 is 5.69 Å². The SMILES string of the molecule is COc1cc2c(cc1CNc1cnc3c(c1)CCCC3)OCO2. The molecule has 120 valence electrons. The largest absolute Gasteiger partial charge is 0.496 e. The lowest BCUT2D eigenvalue weighted by molar-refractivity contribution is 0.174. The highest BCUT2D eigenvalue weighted by atomic mass is 16.7. The van der Waals surface area contributed by atoms with Crippen LogP contribution in [-0.4, -0.2) is 18.9 Å². The van der Waals surface area contributed by atoms with Crippen molar-refractivity contribution in [2.24, 2.45) is 0 Å². The number of nitrogens with one attached hydrogen (secondary N) is 1. The lowest BCUT2D eigenvalue weighted by atomic mass is 9.96. The number of pyridine rings is 1. The molecule has 0 radical (unpaired) electrons. The van der Waals surface area contributed by atoms with Gasteiger partial charge in [-0.15, -0.1) is 0 Å². The summed E-state index contributed by atoms with van der Waals surface area (Å²) in [6.45, 7) is 0.921. The smallest absolute Gasteiger partial charge is 0.231 e. The highest BCUT2D eigenvalue weighted by Gasteiger charge is 2.18. The van der Waals surface area contributed by atoms with E-state index in [1.807, 2.05) is 18.3 Å². The molecular weight excluding hydrogens is 292 g/mol. The molecular formula is C18H20N2O3. The summed E-state index contributed by atoms with van der Waals surface area (Å²) in [5.41, 5.74) is 4.71. The van der Waals surface area contributed by atoms with Gasteiger partial charge in [-0.1, -0.05) is 0 Å². The summed E-state index contributed by atoms with van der Waals surface area (Å²) in [4.78, 5) is 4.59. The Kier molecular flexibility index (Phi) is 3.69. The van der Waals surface area contributed by atoms with E-state index < -0.39 is 0 Å². The second kappa shape index (κ2) is 5.99. The molecule has 0 saturated heterocycles. The molecule has 2 aromatic rings. The zero-order valence-corrected chi connectivity index (χ0v) is 13.2. The van der Waals surface area contributed by atoms with Crippen LogP contribution in [0.15, 0.2) is 24.4 Å². The summed E-state index contributed by atoms with van der Waals surface area (Å²) < 4.78 is 16.3. The Morgan fingerprint density at radius 2 is 1.96 bits per heavy atom. The van der Waals surface area contributed by atoms with Gasteiger partial charge in [-0.25, -0.2) is 0 Å². The van der Waals surface area contributed by atoms with E-state index >= 15 is 0 Å². The second-order valence-corrected chi connectivity index (χ2v) is 5.91. The van der Waals surface area contributed by atoms with Gasteiger partial charge in [0, 0.05) is 23.9 Å². The van der Waals surface area contributed by atoms with Gasteiger partial charge in [0.05, 0.1) is 19.0 Å². The highest BCUT2D eigenvalue weighted by Crippen LogP contribution is 2.38. The van der Waals surface area contributed by atoms with Crippen molar-refractivity contribution in [3.63, 3.8) is 0 Å². The fourth-order valence-corrected chi connectivity index (χ4v) is 3.18. The third-order valence-corrected chi connectivity index (χ3v) is 4.43. The van der Waals surface area contributed by atoms with Gasteiger partial charge in [-0.3, -0.25) is 4.98 Å². The predicted octanol–water partition coefficient (Wildman–Crippen LogP) is 3.31. The number of aryl methyl sites for hydroxylation is 2. The minimum Gasteiger partial charge on any atom is -0.496 e. The van der Waals surface area contributed by atoms with Crippen LogP contribution >= 0.6 is 0 Å². The monoisotopic (exact) mass is 312 g/mol. The Hall–Kier alpha value is -2.43. The van der Waals surface area contributed by atoms with Crippen LogP contribution in [0, 0.1) is 0 Å². The summed E-state index contributed by atoms with van der Waals surface area (Å²) >= 11 is 0. The summed E-state index contributed by atoms with van der Waals surface area (Å²) in [5, 5.41) is 3.44. The van der Waals surface area contributed by atoms with Crippen molar-refractivity contribution in [2.45, 2.75) is 32.2 Å². The fourth-order valence-electron chi connectivity index (χ4n) is 3.18. The standard InChI is InChI=1S/C18H20N2O3/c1-21-16-8-18-17(22-11-23-18)7-13(16)9-19-14-6-12-4-2-3-5-15(12)20-10-14/h6-8,10,19H,2-5,9,11H2,1H3. The molecule has 1 aliphatic heterocycles. The average Bonchev–Trinajstić information content (AvgIpc) is 3.06. The molecule has 5 heteroatoms. The normalized spacial score (nSPS) is 15.2. The first kappa shape index (κ1) is 14.2. The minimum absolute atomic E-state index is 0.268. The highest BCUT2D eigenvalue weighted by molar-refractivity contribution is 5.54. The number of methoxy groups -OCH3 is 1. The maximum Gasteiger partial charge on any atom is 0.231 e. The van der Waals surface area contributed by atoms with Gasteiger partial charge in [0.2, 0.25) is 6.79 Å². The van der Waals surface area contributed by atoms with Crippen molar-refractivity contribution in [2.75, 3.05) is 19.2 Å². The van der Waals surface area contributed by atoms with E-state index in [2.05, 4.69) is 16.4 Å². The summed E-state index contributed by atoms with van der Waals surface area (Å²) in [6.07, 6.45) is 6.66. The molecule has 0 amide bonds. The molecule has 0 fully saturated rings. The van der Waals surface area contributed by atoms with Crippen molar-refractivity contribution in [1.82, 2.24) is 4.98 Å². The van der Waals surface area contributed by atoms with Gasteiger partial charge in [0.1, 0.15) is 5.75 Å². The van der Waals surface area contributed by atoms with E-state index in [9.17, 15) is 0 Å². The summed E-state index contributed by atoms with van der Waals surface area (Å²) in [6, 6.07) is 6.07. The molecule has 1 aromatic carbocycles. The second-order valence-electron chi connectivity index (χ2n) is 5.91. The number of aromatic nitrogens is 1. The van der Waals surface area contributed by atoms with E-state index in [1.54, 1.807) is 7.11 Å². The molecule has 2 heterocycles. The summed E-state index contributed by atoms with van der Waals surface area (Å²) in [7, 11) is 1.67. The van der Waals surface area contributed by atoms with Crippen molar-refractivity contribution in [1.29, 1.82) is 0 Å². The molecule has 1 aromatic heterocycles. The third kappa shape index (κ3) is 2.79. The number of anilines is 1. The number of hydrogen-bond acceptors (Lipinski definition) is 5. The van der Waals surface area contributed by atoms with E-state index in [4.69, 9.17) is 14.2 Å². The Bertz CT molecular complexity index is 730. The summed E-state index contributed by atoms with van der Waals surface area (Å²) in [5.74, 6) is 2.31. The van der Waals surface area contributed by atoms with Crippen molar-refractivity contribution < 1.29 is 14.2 Å². The minimum atomic E-state index is 0.268. The van der Waals surface area contributed by atoms with Crippen LogP contribution in [0.4, 0.5) is 5.69 Å². The van der Waals surface area contributed by atoms with E-state index in [1.165, 1.54) is 24.1 Å². The maximum atomic E-state index is 5.46. The van der Waals surface area contributed by atoms with Crippen LogP contribution < -0.4 is 19.5 Å². The fraction of sp³-hybridized carbons (Fsp3) is 0.389. The zero-order valence-electron chi connectivity index (χ0n) is 13.2. The van der Waals surface area contributed by atoms with Crippen LogP contribution in [0.25, 0.3) is 0 Å². The molecule has 23 heavy (non-hydrogen) atoms. The molecule has 0 unspecified atom stereocenters. The van der Waals surface area contributed by atoms with Crippen LogP contribution in [0.5, 0.6) is 17.2 Å². The molecule has 0 saturated carbocycles. The molecule has 1 N–H and O–H groups in total. The van der Waals surface area contributed by atoms with Crippen LogP contribution in [0.1, 0.15) is 29.7 Å². The lowest BCUT2D eigenvalue weighted by Crippen LogP contribution is -2.08. The lowest BCUT2D eigenvalue weighted by Gasteiger charge is -2.16. The van der Waals surface area contributed by atoms with E-state index in [0.717, 1.165) is 41.3 Å². The van der Waals surface area contributed by atoms with Gasteiger partial charge in [0.15, 0.2) is 11.5 Å². The van der Waals surface area contributed by atoms with Crippen molar-refractivity contribution in [3.05, 3.63) is 41.2 Å². The number of ether oxygens (including phenoxy) is 3. The molecule has 0 bridgehead atoms. The number of nitrogens with zero attached hydrogens (tertiary/aromatic N) is 1. The van der Waals surface area contributed by atoms with Crippen LogP contribution in [0.3, 0.4) is 0 Å². The zero-order chi connectivity index (χ0) is 15.6. The topological polar surface area (TPSA) is 52.6 Å². The van der Waals surface area contributed by atoms with Gasteiger partial charge in [0.25, 0.3) is 0 Å². The number of hydrogen-bond donors (Lipinski definition) is 1. The van der Waals surface area contributed by atoms with E-state index in [-0.39, 0.29) is 6.79 Å². The van der Waals surface area contributed by atoms with Gasteiger partial charge in [-0.2, -0.15) is 0 Å². The molecule has 2 aliphatic rings. The number of rotatable bonds is 4. The Morgan fingerprint density at radius 3 is 2.83 bits per heavy atom. The Morgan fingerprint density at radius 1 is 1.13 bits per heavy atom.